The van der Waals surface area contributed by atoms with Gasteiger partial charge in [-0.15, -0.1) is 0 Å². The van der Waals surface area contributed by atoms with Crippen LogP contribution in [0.1, 0.15) is 12.8 Å². The fraction of sp³-hybridized carbons (Fsp3) is 0.667. The molecule has 16 heavy (non-hydrogen) atoms. The molecule has 1 aromatic heterocycles. The molecule has 88 valence electrons. The normalized spacial score (nSPS) is 14.7. The molecule has 1 aliphatic carbocycles. The zero-order chi connectivity index (χ0) is 11.5. The summed E-state index contributed by atoms with van der Waals surface area (Å²) in [6.45, 7) is 0.956. The van der Waals surface area contributed by atoms with E-state index in [0.29, 0.717) is 11.9 Å². The van der Waals surface area contributed by atoms with Crippen LogP contribution in [0.2, 0.25) is 0 Å². The van der Waals surface area contributed by atoms with Crippen molar-refractivity contribution in [2.45, 2.75) is 12.8 Å². The lowest BCUT2D eigenvalue weighted by atomic mass is 10.4. The molecule has 0 saturated heterocycles. The Bertz CT molecular complexity index is 345. The number of nitrogens with two attached hydrogens (primary N) is 1. The molecule has 0 atom stereocenters. The zero-order valence-corrected chi connectivity index (χ0v) is 9.47. The summed E-state index contributed by atoms with van der Waals surface area (Å²) < 4.78 is 4.98. The quantitative estimate of drug-likeness (QED) is 0.538. The highest BCUT2D eigenvalue weighted by Gasteiger charge is 2.24. The van der Waals surface area contributed by atoms with Gasteiger partial charge in [-0.3, -0.25) is 5.43 Å². The lowest BCUT2D eigenvalue weighted by Crippen LogP contribution is -2.24. The third kappa shape index (κ3) is 2.48. The number of nitrogens with one attached hydrogen (secondary N) is 1. The Morgan fingerprint density at radius 1 is 1.44 bits per heavy atom. The van der Waals surface area contributed by atoms with E-state index in [1.165, 1.54) is 20.0 Å². The highest BCUT2D eigenvalue weighted by atomic mass is 16.5. The summed E-state index contributed by atoms with van der Waals surface area (Å²) in [6.07, 6.45) is 2.57. The van der Waals surface area contributed by atoms with Crippen LogP contribution in [0.4, 0.5) is 11.9 Å². The maximum atomic E-state index is 5.28. The number of hydrazine groups is 1. The van der Waals surface area contributed by atoms with E-state index in [1.54, 1.807) is 0 Å². The molecule has 0 radical (unpaired) electrons. The Morgan fingerprint density at radius 3 is 2.75 bits per heavy atom. The number of nitrogen functional groups attached to an aromatic ring is 1. The Balaban J connectivity index is 2.16. The van der Waals surface area contributed by atoms with Crippen LogP contribution in [0.5, 0.6) is 6.01 Å². The van der Waals surface area contributed by atoms with Gasteiger partial charge in [-0.05, 0) is 18.8 Å². The van der Waals surface area contributed by atoms with Gasteiger partial charge >= 0.3 is 6.01 Å². The Hall–Kier alpha value is -1.63. The van der Waals surface area contributed by atoms with Crippen molar-refractivity contribution in [3.05, 3.63) is 0 Å². The van der Waals surface area contributed by atoms with Crippen molar-refractivity contribution in [2.24, 2.45) is 11.8 Å². The molecule has 1 aromatic rings. The van der Waals surface area contributed by atoms with Crippen molar-refractivity contribution in [1.29, 1.82) is 0 Å². The smallest absolute Gasteiger partial charge is 0.322 e. The first-order valence-electron chi connectivity index (χ1n) is 5.20. The zero-order valence-electron chi connectivity index (χ0n) is 9.47. The van der Waals surface area contributed by atoms with Crippen molar-refractivity contribution in [2.75, 3.05) is 31.0 Å². The third-order valence-corrected chi connectivity index (χ3v) is 2.49. The van der Waals surface area contributed by atoms with Crippen LogP contribution in [0, 0.1) is 5.92 Å². The van der Waals surface area contributed by atoms with Gasteiger partial charge in [0.2, 0.25) is 11.9 Å². The monoisotopic (exact) mass is 224 g/mol. The van der Waals surface area contributed by atoms with E-state index in [0.717, 1.165) is 12.5 Å². The van der Waals surface area contributed by atoms with Gasteiger partial charge in [-0.25, -0.2) is 5.84 Å². The molecule has 3 N–H and O–H groups in total. The van der Waals surface area contributed by atoms with Crippen molar-refractivity contribution < 1.29 is 4.74 Å². The molecule has 1 aliphatic rings. The molecule has 0 unspecified atom stereocenters. The Kier molecular flexibility index (Phi) is 3.04. The minimum atomic E-state index is 0.264. The predicted molar refractivity (Wildman–Crippen MR) is 60.2 cm³/mol. The van der Waals surface area contributed by atoms with Gasteiger partial charge in [0.25, 0.3) is 0 Å². The topological polar surface area (TPSA) is 89.2 Å². The first-order valence-corrected chi connectivity index (χ1v) is 5.20. The molecule has 2 rings (SSSR count). The van der Waals surface area contributed by atoms with Crippen molar-refractivity contribution in [3.8, 4) is 6.01 Å². The van der Waals surface area contributed by atoms with E-state index in [4.69, 9.17) is 10.6 Å². The summed E-state index contributed by atoms with van der Waals surface area (Å²) in [4.78, 5) is 14.3. The van der Waals surface area contributed by atoms with Crippen LogP contribution in [0.25, 0.3) is 0 Å². The second-order valence-electron chi connectivity index (χ2n) is 3.91. The highest BCUT2D eigenvalue weighted by molar-refractivity contribution is 5.37. The van der Waals surface area contributed by atoms with Gasteiger partial charge in [0.1, 0.15) is 0 Å². The van der Waals surface area contributed by atoms with Gasteiger partial charge < -0.3 is 9.64 Å². The number of nitrogens with zero attached hydrogens (tertiary/aromatic N) is 4. The summed E-state index contributed by atoms with van der Waals surface area (Å²) in [5, 5.41) is 0. The summed E-state index contributed by atoms with van der Waals surface area (Å²) in [7, 11) is 3.47. The molecule has 0 aromatic carbocycles. The van der Waals surface area contributed by atoms with Gasteiger partial charge in [-0.2, -0.15) is 15.0 Å². The van der Waals surface area contributed by atoms with Gasteiger partial charge in [0.15, 0.2) is 0 Å². The maximum Gasteiger partial charge on any atom is 0.322 e. The molecule has 0 bridgehead atoms. The van der Waals surface area contributed by atoms with E-state index < -0.39 is 0 Å². The van der Waals surface area contributed by atoms with E-state index in [2.05, 4.69) is 20.4 Å². The summed E-state index contributed by atoms with van der Waals surface area (Å²) in [5.74, 6) is 6.93. The molecular formula is C9H16N6O. The van der Waals surface area contributed by atoms with E-state index in [1.807, 2.05) is 11.9 Å². The van der Waals surface area contributed by atoms with Crippen LogP contribution in [0.15, 0.2) is 0 Å². The standard InChI is InChI=1S/C9H16N6O/c1-15(5-6-3-4-6)8-11-7(14-10)12-9(13-8)16-2/h6H,3-5,10H2,1-2H3,(H,11,12,13,14). The largest absolute Gasteiger partial charge is 0.467 e. The molecule has 1 heterocycles. The first-order chi connectivity index (χ1) is 7.72. The number of hydrogen-bond acceptors (Lipinski definition) is 7. The summed E-state index contributed by atoms with van der Waals surface area (Å²) in [5.41, 5.74) is 2.40. The Labute approximate surface area is 94.0 Å². The molecule has 1 fully saturated rings. The molecule has 1 saturated carbocycles. The van der Waals surface area contributed by atoms with Crippen LogP contribution in [-0.4, -0.2) is 35.7 Å². The third-order valence-electron chi connectivity index (χ3n) is 2.49. The van der Waals surface area contributed by atoms with E-state index >= 15 is 0 Å². The minimum absolute atomic E-state index is 0.264. The number of methoxy groups -OCH3 is 1. The van der Waals surface area contributed by atoms with E-state index in [9.17, 15) is 0 Å². The lowest BCUT2D eigenvalue weighted by Gasteiger charge is -2.17. The fourth-order valence-corrected chi connectivity index (χ4v) is 1.44. The van der Waals surface area contributed by atoms with Crippen LogP contribution in [-0.2, 0) is 0 Å². The first kappa shape index (κ1) is 10.9. The molecule has 0 spiro atoms. The number of hydrogen-bond donors (Lipinski definition) is 2. The van der Waals surface area contributed by atoms with Crippen LogP contribution in [0.3, 0.4) is 0 Å². The average molecular weight is 224 g/mol. The number of aromatic nitrogens is 3. The van der Waals surface area contributed by atoms with Crippen LogP contribution >= 0.6 is 0 Å². The van der Waals surface area contributed by atoms with Gasteiger partial charge in [-0.1, -0.05) is 0 Å². The SMILES string of the molecule is COc1nc(NN)nc(N(C)CC2CC2)n1. The fourth-order valence-electron chi connectivity index (χ4n) is 1.44. The van der Waals surface area contributed by atoms with Crippen LogP contribution < -0.4 is 20.9 Å². The molecule has 7 heteroatoms. The number of anilines is 2. The molecular weight excluding hydrogens is 208 g/mol. The van der Waals surface area contributed by atoms with E-state index in [-0.39, 0.29) is 6.01 Å². The maximum absolute atomic E-state index is 5.28. The lowest BCUT2D eigenvalue weighted by molar-refractivity contribution is 0.379. The van der Waals surface area contributed by atoms with Gasteiger partial charge in [0.05, 0.1) is 7.11 Å². The molecule has 0 aliphatic heterocycles. The highest BCUT2D eigenvalue weighted by Crippen LogP contribution is 2.30. The summed E-state index contributed by atoms with van der Waals surface area (Å²) in [6, 6.07) is 0.264. The molecule has 0 amide bonds. The minimum Gasteiger partial charge on any atom is -0.467 e. The predicted octanol–water partition coefficient (Wildman–Crippen LogP) is 0.0120. The molecule has 7 nitrogen and oxygen atoms in total. The second-order valence-corrected chi connectivity index (χ2v) is 3.91. The van der Waals surface area contributed by atoms with Gasteiger partial charge in [0, 0.05) is 13.6 Å². The van der Waals surface area contributed by atoms with Crippen molar-refractivity contribution >= 4 is 11.9 Å². The number of rotatable bonds is 5. The van der Waals surface area contributed by atoms with Crippen molar-refractivity contribution in [1.82, 2.24) is 15.0 Å². The Morgan fingerprint density at radius 2 is 2.19 bits per heavy atom. The van der Waals surface area contributed by atoms with Crippen molar-refractivity contribution in [3.63, 3.8) is 0 Å². The second kappa shape index (κ2) is 4.48. The average Bonchev–Trinajstić information content (AvgIpc) is 3.12. The summed E-state index contributed by atoms with van der Waals surface area (Å²) >= 11 is 0. The number of ether oxygens (including phenoxy) is 1.